The monoisotopic (exact) mass is 213 g/mol. The van der Waals surface area contributed by atoms with E-state index in [1.165, 1.54) is 5.56 Å². The van der Waals surface area contributed by atoms with Crippen molar-refractivity contribution in [3.63, 3.8) is 0 Å². The van der Waals surface area contributed by atoms with Crippen LogP contribution in [0.2, 0.25) is 0 Å². The molecule has 0 fully saturated rings. The fourth-order valence-corrected chi connectivity index (χ4v) is 1.53. The Morgan fingerprint density at radius 1 is 1.19 bits per heavy atom. The quantitative estimate of drug-likeness (QED) is 0.791. The van der Waals surface area contributed by atoms with Crippen molar-refractivity contribution < 1.29 is 0 Å². The molecule has 0 aliphatic heterocycles. The van der Waals surface area contributed by atoms with E-state index < -0.39 is 0 Å². The van der Waals surface area contributed by atoms with E-state index in [0.29, 0.717) is 0 Å². The Labute approximate surface area is 95.2 Å². The highest BCUT2D eigenvalue weighted by Crippen LogP contribution is 2.12. The third-order valence-corrected chi connectivity index (χ3v) is 2.36. The van der Waals surface area contributed by atoms with E-state index in [2.05, 4.69) is 39.6 Å². The molecule has 1 aromatic carbocycles. The molecule has 0 radical (unpaired) electrons. The molecule has 0 amide bonds. The Hall–Kier alpha value is -1.74. The largest absolute Gasteiger partial charge is 0.319 e. The molecule has 0 bridgehead atoms. The summed E-state index contributed by atoms with van der Waals surface area (Å²) in [7, 11) is 1.96. The summed E-state index contributed by atoms with van der Waals surface area (Å²) < 4.78 is 0. The average molecular weight is 213 g/mol. The number of rotatable bonds is 4. The fourth-order valence-electron chi connectivity index (χ4n) is 1.53. The SMILES string of the molecule is CNCC/C=C/c1ccc2nccnc2c1. The van der Waals surface area contributed by atoms with E-state index in [1.54, 1.807) is 12.4 Å². The van der Waals surface area contributed by atoms with Gasteiger partial charge in [-0.3, -0.25) is 9.97 Å². The van der Waals surface area contributed by atoms with Gasteiger partial charge in [-0.1, -0.05) is 18.2 Å². The molecule has 82 valence electrons. The van der Waals surface area contributed by atoms with Crippen LogP contribution in [0.15, 0.2) is 36.7 Å². The Balaban J connectivity index is 2.16. The van der Waals surface area contributed by atoms with E-state index >= 15 is 0 Å². The topological polar surface area (TPSA) is 37.8 Å². The first-order valence-corrected chi connectivity index (χ1v) is 5.42. The zero-order valence-electron chi connectivity index (χ0n) is 9.35. The summed E-state index contributed by atoms with van der Waals surface area (Å²) in [4.78, 5) is 8.51. The molecule has 0 aliphatic carbocycles. The van der Waals surface area contributed by atoms with Crippen molar-refractivity contribution in [2.75, 3.05) is 13.6 Å². The van der Waals surface area contributed by atoms with Crippen molar-refractivity contribution in [3.8, 4) is 0 Å². The van der Waals surface area contributed by atoms with Gasteiger partial charge in [-0.2, -0.15) is 0 Å². The maximum Gasteiger partial charge on any atom is 0.0892 e. The number of nitrogens with one attached hydrogen (secondary N) is 1. The minimum Gasteiger partial charge on any atom is -0.319 e. The molecule has 3 nitrogen and oxygen atoms in total. The van der Waals surface area contributed by atoms with E-state index in [9.17, 15) is 0 Å². The molecule has 1 aromatic heterocycles. The summed E-state index contributed by atoms with van der Waals surface area (Å²) in [6.07, 6.45) is 8.75. The van der Waals surface area contributed by atoms with E-state index in [4.69, 9.17) is 0 Å². The zero-order chi connectivity index (χ0) is 11.2. The highest BCUT2D eigenvalue weighted by molar-refractivity contribution is 5.76. The Kier molecular flexibility index (Phi) is 3.62. The third-order valence-electron chi connectivity index (χ3n) is 2.36. The molecule has 1 heterocycles. The lowest BCUT2D eigenvalue weighted by molar-refractivity contribution is 0.809. The van der Waals surface area contributed by atoms with Crippen molar-refractivity contribution in [1.82, 2.24) is 15.3 Å². The van der Waals surface area contributed by atoms with Crippen LogP contribution in [0.25, 0.3) is 17.1 Å². The van der Waals surface area contributed by atoms with Crippen molar-refractivity contribution in [3.05, 3.63) is 42.2 Å². The van der Waals surface area contributed by atoms with Gasteiger partial charge in [0.2, 0.25) is 0 Å². The normalized spacial score (nSPS) is 11.3. The van der Waals surface area contributed by atoms with Crippen LogP contribution in [0.5, 0.6) is 0 Å². The van der Waals surface area contributed by atoms with Crippen molar-refractivity contribution in [1.29, 1.82) is 0 Å². The Morgan fingerprint density at radius 2 is 2.00 bits per heavy atom. The molecule has 0 unspecified atom stereocenters. The van der Waals surface area contributed by atoms with Crippen LogP contribution >= 0.6 is 0 Å². The second kappa shape index (κ2) is 5.37. The van der Waals surface area contributed by atoms with Crippen LogP contribution in [0.3, 0.4) is 0 Å². The average Bonchev–Trinajstić information content (AvgIpc) is 2.34. The summed E-state index contributed by atoms with van der Waals surface area (Å²) in [5.74, 6) is 0. The minimum absolute atomic E-state index is 0.940. The molecule has 0 aliphatic rings. The summed E-state index contributed by atoms with van der Waals surface area (Å²) >= 11 is 0. The first-order valence-electron chi connectivity index (χ1n) is 5.42. The van der Waals surface area contributed by atoms with Crippen LogP contribution in [-0.4, -0.2) is 23.6 Å². The van der Waals surface area contributed by atoms with Crippen molar-refractivity contribution >= 4 is 17.1 Å². The number of nitrogens with zero attached hydrogens (tertiary/aromatic N) is 2. The summed E-state index contributed by atoms with van der Waals surface area (Å²) in [6, 6.07) is 6.12. The van der Waals surface area contributed by atoms with E-state index in [1.807, 2.05) is 13.1 Å². The third kappa shape index (κ3) is 2.64. The maximum absolute atomic E-state index is 4.28. The van der Waals surface area contributed by atoms with Crippen molar-refractivity contribution in [2.45, 2.75) is 6.42 Å². The molecule has 1 N–H and O–H groups in total. The molecule has 2 aromatic rings. The van der Waals surface area contributed by atoms with Gasteiger partial charge < -0.3 is 5.32 Å². The molecule has 0 spiro atoms. The van der Waals surface area contributed by atoms with Gasteiger partial charge in [0, 0.05) is 12.4 Å². The number of hydrogen-bond donors (Lipinski definition) is 1. The van der Waals surface area contributed by atoms with Crippen LogP contribution in [0, 0.1) is 0 Å². The van der Waals surface area contributed by atoms with Gasteiger partial charge in [-0.15, -0.1) is 0 Å². The minimum atomic E-state index is 0.940. The van der Waals surface area contributed by atoms with Crippen LogP contribution in [-0.2, 0) is 0 Å². The predicted octanol–water partition coefficient (Wildman–Crippen LogP) is 2.25. The van der Waals surface area contributed by atoms with Crippen LogP contribution < -0.4 is 5.32 Å². The highest BCUT2D eigenvalue weighted by atomic mass is 14.8. The lowest BCUT2D eigenvalue weighted by atomic mass is 10.1. The zero-order valence-corrected chi connectivity index (χ0v) is 9.35. The molecular weight excluding hydrogens is 198 g/mol. The standard InChI is InChI=1S/C13H15N3/c1-14-7-3-2-4-11-5-6-12-13(10-11)16-9-8-15-12/h2,4-6,8-10,14H,3,7H2,1H3/b4-2+. The highest BCUT2D eigenvalue weighted by Gasteiger charge is 1.94. The van der Waals surface area contributed by atoms with Crippen molar-refractivity contribution in [2.24, 2.45) is 0 Å². The number of hydrogen-bond acceptors (Lipinski definition) is 3. The van der Waals surface area contributed by atoms with Crippen LogP contribution in [0.1, 0.15) is 12.0 Å². The van der Waals surface area contributed by atoms with Gasteiger partial charge in [-0.25, -0.2) is 0 Å². The molecule has 0 atom stereocenters. The summed E-state index contributed by atoms with van der Waals surface area (Å²) in [6.45, 7) is 1.00. The first kappa shape index (κ1) is 10.8. The summed E-state index contributed by atoms with van der Waals surface area (Å²) in [5, 5.41) is 3.11. The molecule has 0 saturated carbocycles. The smallest absolute Gasteiger partial charge is 0.0892 e. The number of benzene rings is 1. The van der Waals surface area contributed by atoms with Gasteiger partial charge in [0.1, 0.15) is 0 Å². The lowest BCUT2D eigenvalue weighted by Crippen LogP contribution is -2.05. The Bertz CT molecular complexity index is 491. The van der Waals surface area contributed by atoms with Gasteiger partial charge in [0.25, 0.3) is 0 Å². The number of aromatic nitrogens is 2. The second-order valence-electron chi connectivity index (χ2n) is 3.60. The van der Waals surface area contributed by atoms with Gasteiger partial charge >= 0.3 is 0 Å². The molecule has 16 heavy (non-hydrogen) atoms. The van der Waals surface area contributed by atoms with Gasteiger partial charge in [0.05, 0.1) is 11.0 Å². The van der Waals surface area contributed by atoms with Gasteiger partial charge in [-0.05, 0) is 37.7 Å². The lowest BCUT2D eigenvalue weighted by Gasteiger charge is -1.97. The predicted molar refractivity (Wildman–Crippen MR) is 67.1 cm³/mol. The van der Waals surface area contributed by atoms with Gasteiger partial charge in [0.15, 0.2) is 0 Å². The van der Waals surface area contributed by atoms with Crippen LogP contribution in [0.4, 0.5) is 0 Å². The first-order chi connectivity index (χ1) is 7.90. The number of fused-ring (bicyclic) bond motifs is 1. The Morgan fingerprint density at radius 3 is 2.81 bits per heavy atom. The fraction of sp³-hybridized carbons (Fsp3) is 0.231. The summed E-state index contributed by atoms with van der Waals surface area (Å²) in [5.41, 5.74) is 3.05. The molecule has 3 heteroatoms. The molecular formula is C13H15N3. The molecule has 2 rings (SSSR count). The second-order valence-corrected chi connectivity index (χ2v) is 3.60. The molecule has 0 saturated heterocycles. The van der Waals surface area contributed by atoms with E-state index in [0.717, 1.165) is 24.0 Å². The van der Waals surface area contributed by atoms with E-state index in [-0.39, 0.29) is 0 Å². The maximum atomic E-state index is 4.28.